The summed E-state index contributed by atoms with van der Waals surface area (Å²) in [5.41, 5.74) is 7.52. The molecule has 46 heavy (non-hydrogen) atoms. The van der Waals surface area contributed by atoms with E-state index in [4.69, 9.17) is 15.0 Å². The number of para-hydroxylation sites is 2. The molecule has 5 heteroatoms. The number of hydrogen-bond acceptors (Lipinski definition) is 3. The first kappa shape index (κ1) is 25.0. The fourth-order valence-electron chi connectivity index (χ4n) is 7.07. The molecule has 0 unspecified atom stereocenters. The summed E-state index contributed by atoms with van der Waals surface area (Å²) in [4.78, 5) is 15.2. The molecule has 0 N–H and O–H groups in total. The number of fused-ring (bicyclic) bond motifs is 11. The van der Waals surface area contributed by atoms with Crippen molar-refractivity contribution >= 4 is 59.9 Å². The molecule has 0 spiro atoms. The van der Waals surface area contributed by atoms with Gasteiger partial charge in [0.25, 0.3) is 0 Å². The minimum Gasteiger partial charge on any atom is -0.309 e. The second kappa shape index (κ2) is 9.58. The summed E-state index contributed by atoms with van der Waals surface area (Å²) in [6.07, 6.45) is 0. The van der Waals surface area contributed by atoms with Gasteiger partial charge in [0.2, 0.25) is 5.95 Å². The topological polar surface area (TPSA) is 48.0 Å². The third-order valence-corrected chi connectivity index (χ3v) is 9.12. The van der Waals surface area contributed by atoms with Crippen LogP contribution in [0.1, 0.15) is 0 Å². The first-order valence-corrected chi connectivity index (χ1v) is 15.5. The van der Waals surface area contributed by atoms with E-state index in [1.54, 1.807) is 0 Å². The quantitative estimate of drug-likeness (QED) is 0.193. The smallest absolute Gasteiger partial charge is 0.238 e. The Morgan fingerprint density at radius 3 is 1.57 bits per heavy atom. The van der Waals surface area contributed by atoms with Crippen LogP contribution in [-0.2, 0) is 0 Å². The lowest BCUT2D eigenvalue weighted by Crippen LogP contribution is -2.06. The second-order valence-electron chi connectivity index (χ2n) is 11.7. The molecule has 0 amide bonds. The number of benzene rings is 6. The highest BCUT2D eigenvalue weighted by Crippen LogP contribution is 2.39. The molecule has 0 atom stereocenters. The first-order chi connectivity index (χ1) is 22.8. The monoisotopic (exact) mass is 587 g/mol. The van der Waals surface area contributed by atoms with E-state index in [2.05, 4.69) is 100.0 Å². The van der Waals surface area contributed by atoms with Crippen LogP contribution in [-0.4, -0.2) is 23.9 Å². The van der Waals surface area contributed by atoms with E-state index >= 15 is 0 Å². The first-order valence-electron chi connectivity index (χ1n) is 15.5. The lowest BCUT2D eigenvalue weighted by molar-refractivity contribution is 0.953. The molecule has 0 radical (unpaired) electrons. The maximum Gasteiger partial charge on any atom is 0.238 e. The zero-order valence-corrected chi connectivity index (χ0v) is 24.7. The van der Waals surface area contributed by atoms with Gasteiger partial charge in [0, 0.05) is 38.1 Å². The fourth-order valence-corrected chi connectivity index (χ4v) is 7.07. The van der Waals surface area contributed by atoms with Crippen molar-refractivity contribution in [1.29, 1.82) is 0 Å². The van der Waals surface area contributed by atoms with Gasteiger partial charge < -0.3 is 4.40 Å². The Hall–Kier alpha value is -6.33. The predicted octanol–water partition coefficient (Wildman–Crippen LogP) is 10.0. The molecule has 4 aromatic heterocycles. The fraction of sp³-hybridized carbons (Fsp3) is 0. The van der Waals surface area contributed by atoms with Gasteiger partial charge >= 0.3 is 0 Å². The van der Waals surface area contributed by atoms with Gasteiger partial charge in [-0.2, -0.15) is 9.97 Å². The third kappa shape index (κ3) is 3.60. The Morgan fingerprint density at radius 1 is 0.348 bits per heavy atom. The predicted molar refractivity (Wildman–Crippen MR) is 189 cm³/mol. The molecule has 5 nitrogen and oxygen atoms in total. The van der Waals surface area contributed by atoms with Crippen LogP contribution in [0.5, 0.6) is 0 Å². The average Bonchev–Trinajstić information content (AvgIpc) is 3.68. The van der Waals surface area contributed by atoms with Gasteiger partial charge in [0.05, 0.1) is 27.6 Å². The molecule has 0 aliphatic carbocycles. The Morgan fingerprint density at radius 2 is 0.870 bits per heavy atom. The summed E-state index contributed by atoms with van der Waals surface area (Å²) in [6, 6.07) is 53.2. The summed E-state index contributed by atoms with van der Waals surface area (Å²) >= 11 is 0. The molecule has 0 aliphatic heterocycles. The maximum absolute atomic E-state index is 5.14. The Labute approximate surface area is 263 Å². The molecule has 4 heterocycles. The highest BCUT2D eigenvalue weighted by Gasteiger charge is 2.20. The minimum atomic E-state index is 0.590. The molecule has 214 valence electrons. The van der Waals surface area contributed by atoms with Crippen molar-refractivity contribution in [2.45, 2.75) is 0 Å². The van der Waals surface area contributed by atoms with Gasteiger partial charge in [-0.15, -0.1) is 0 Å². The van der Waals surface area contributed by atoms with Crippen LogP contribution in [0, 0.1) is 0 Å². The van der Waals surface area contributed by atoms with Crippen LogP contribution in [0.25, 0.3) is 88.6 Å². The molecule has 0 fully saturated rings. The zero-order valence-electron chi connectivity index (χ0n) is 24.7. The minimum absolute atomic E-state index is 0.590. The van der Waals surface area contributed by atoms with Crippen molar-refractivity contribution in [3.63, 3.8) is 0 Å². The van der Waals surface area contributed by atoms with Crippen molar-refractivity contribution in [3.05, 3.63) is 152 Å². The van der Waals surface area contributed by atoms with E-state index in [1.165, 1.54) is 32.6 Å². The van der Waals surface area contributed by atoms with E-state index in [9.17, 15) is 0 Å². The number of rotatable bonds is 3. The molecule has 0 bridgehead atoms. The highest BCUT2D eigenvalue weighted by atomic mass is 15.2. The number of nitrogens with zero attached hydrogens (tertiary/aromatic N) is 5. The summed E-state index contributed by atoms with van der Waals surface area (Å²) in [5, 5.41) is 7.23. The summed E-state index contributed by atoms with van der Waals surface area (Å²) in [6.45, 7) is 0. The van der Waals surface area contributed by atoms with Crippen molar-refractivity contribution in [1.82, 2.24) is 23.9 Å². The van der Waals surface area contributed by atoms with Gasteiger partial charge in [0.1, 0.15) is 0 Å². The number of aromatic nitrogens is 5. The maximum atomic E-state index is 5.14. The van der Waals surface area contributed by atoms with E-state index in [1.807, 2.05) is 60.7 Å². The molecular formula is C41H25N5. The number of hydrogen-bond donors (Lipinski definition) is 0. The van der Waals surface area contributed by atoms with E-state index < -0.39 is 0 Å². The molecule has 6 aromatic carbocycles. The van der Waals surface area contributed by atoms with Crippen LogP contribution < -0.4 is 0 Å². The molecule has 0 aliphatic rings. The van der Waals surface area contributed by atoms with Crippen LogP contribution in [0.3, 0.4) is 0 Å². The van der Waals surface area contributed by atoms with Crippen LogP contribution in [0.4, 0.5) is 0 Å². The number of pyridine rings is 1. The summed E-state index contributed by atoms with van der Waals surface area (Å²) in [7, 11) is 0. The van der Waals surface area contributed by atoms with Crippen molar-refractivity contribution in [2.24, 2.45) is 0 Å². The molecular weight excluding hydrogens is 562 g/mol. The molecule has 10 aromatic rings. The zero-order chi connectivity index (χ0) is 30.2. The standard InChI is InChI=1S/C41H25N5/c1-3-13-26(14-4-1)39-42-40(27-15-5-2-6-16-27)44-41(43-39)46-35-22-12-10-20-31(35)33-24-32-29-18-8-9-19-30(29)36-23-28-17-7-11-21-34(28)45(36)37(32)25-38(33)46/h1-25H. The lowest BCUT2D eigenvalue weighted by atomic mass is 10.0. The molecule has 0 saturated carbocycles. The van der Waals surface area contributed by atoms with Gasteiger partial charge in [-0.3, -0.25) is 4.57 Å². The Kier molecular flexibility index (Phi) is 5.22. The Balaban J connectivity index is 1.38. The largest absolute Gasteiger partial charge is 0.309 e. The Bertz CT molecular complexity index is 2740. The van der Waals surface area contributed by atoms with Gasteiger partial charge in [0.15, 0.2) is 11.6 Å². The van der Waals surface area contributed by atoms with Crippen molar-refractivity contribution < 1.29 is 0 Å². The summed E-state index contributed by atoms with van der Waals surface area (Å²) < 4.78 is 4.62. The van der Waals surface area contributed by atoms with Gasteiger partial charge in [-0.05, 0) is 35.7 Å². The van der Waals surface area contributed by atoms with Crippen LogP contribution >= 0.6 is 0 Å². The normalized spacial score (nSPS) is 11.9. The molecule has 0 saturated heterocycles. The highest BCUT2D eigenvalue weighted by molar-refractivity contribution is 6.21. The average molecular weight is 588 g/mol. The van der Waals surface area contributed by atoms with E-state index in [0.29, 0.717) is 17.6 Å². The van der Waals surface area contributed by atoms with Crippen molar-refractivity contribution in [2.75, 3.05) is 0 Å². The third-order valence-electron chi connectivity index (χ3n) is 9.12. The lowest BCUT2D eigenvalue weighted by Gasteiger charge is -2.13. The molecule has 10 rings (SSSR count). The van der Waals surface area contributed by atoms with E-state index in [-0.39, 0.29) is 0 Å². The van der Waals surface area contributed by atoms with Gasteiger partial charge in [-0.1, -0.05) is 121 Å². The second-order valence-corrected chi connectivity index (χ2v) is 11.7. The van der Waals surface area contributed by atoms with Gasteiger partial charge in [-0.25, -0.2) is 4.98 Å². The SMILES string of the molecule is c1ccc(-c2nc(-c3ccccc3)nc(-n3c4ccccc4c4cc5c6ccccc6c6cc7ccccc7n6c5cc43)n2)cc1. The summed E-state index contributed by atoms with van der Waals surface area (Å²) in [5.74, 6) is 1.87. The van der Waals surface area contributed by atoms with Crippen LogP contribution in [0.15, 0.2) is 152 Å². The van der Waals surface area contributed by atoms with Crippen molar-refractivity contribution in [3.8, 4) is 28.7 Å². The van der Waals surface area contributed by atoms with E-state index in [0.717, 1.165) is 38.4 Å². The van der Waals surface area contributed by atoms with Crippen LogP contribution in [0.2, 0.25) is 0 Å².